The molecule has 1 N–H and O–H groups in total. The van der Waals surface area contributed by atoms with E-state index in [2.05, 4.69) is 40.5 Å². The molecule has 2 aliphatic heterocycles. The second-order valence-electron chi connectivity index (χ2n) is 8.84. The molecule has 34 heavy (non-hydrogen) atoms. The van der Waals surface area contributed by atoms with Gasteiger partial charge in [-0.15, -0.1) is 0 Å². The Morgan fingerprint density at radius 1 is 1.03 bits per heavy atom. The highest BCUT2D eigenvalue weighted by Crippen LogP contribution is 2.34. The predicted octanol–water partition coefficient (Wildman–Crippen LogP) is 3.61. The number of nitrogens with one attached hydrogen (secondary N) is 1. The van der Waals surface area contributed by atoms with Crippen LogP contribution in [0, 0.1) is 0 Å². The lowest BCUT2D eigenvalue weighted by Gasteiger charge is -2.33. The molecule has 2 aromatic carbocycles. The van der Waals surface area contributed by atoms with Crippen molar-refractivity contribution in [1.29, 1.82) is 0 Å². The van der Waals surface area contributed by atoms with Crippen LogP contribution in [0.4, 0.5) is 5.69 Å². The van der Waals surface area contributed by atoms with Crippen molar-refractivity contribution in [2.45, 2.75) is 31.5 Å². The quantitative estimate of drug-likeness (QED) is 0.476. The Balaban J connectivity index is 1.37. The van der Waals surface area contributed by atoms with Crippen LogP contribution >= 0.6 is 0 Å². The van der Waals surface area contributed by atoms with E-state index in [4.69, 9.17) is 23.7 Å². The van der Waals surface area contributed by atoms with E-state index in [1.807, 2.05) is 12.1 Å². The minimum absolute atomic E-state index is 0.124. The minimum atomic E-state index is 0.124. The van der Waals surface area contributed by atoms with Crippen molar-refractivity contribution in [1.82, 2.24) is 5.32 Å². The van der Waals surface area contributed by atoms with Gasteiger partial charge in [0, 0.05) is 39.8 Å². The molecule has 0 spiro atoms. The van der Waals surface area contributed by atoms with Gasteiger partial charge in [-0.2, -0.15) is 0 Å². The highest BCUT2D eigenvalue weighted by atomic mass is 16.5. The lowest BCUT2D eigenvalue weighted by Crippen LogP contribution is -2.41. The van der Waals surface area contributed by atoms with Crippen LogP contribution in [0.5, 0.6) is 11.5 Å². The summed E-state index contributed by atoms with van der Waals surface area (Å²) in [5, 5.41) is 3.50. The molecule has 0 radical (unpaired) electrons. The molecule has 0 saturated carbocycles. The first kappa shape index (κ1) is 24.8. The zero-order valence-corrected chi connectivity index (χ0v) is 20.5. The van der Waals surface area contributed by atoms with E-state index < -0.39 is 0 Å². The normalized spacial score (nSPS) is 20.0. The van der Waals surface area contributed by atoms with Gasteiger partial charge in [0.1, 0.15) is 24.7 Å². The summed E-state index contributed by atoms with van der Waals surface area (Å²) < 4.78 is 28.4. The van der Waals surface area contributed by atoms with E-state index in [0.29, 0.717) is 25.7 Å². The van der Waals surface area contributed by atoms with Gasteiger partial charge in [0.05, 0.1) is 31.5 Å². The molecule has 2 atom stereocenters. The van der Waals surface area contributed by atoms with Crippen molar-refractivity contribution < 1.29 is 23.7 Å². The Morgan fingerprint density at radius 3 is 2.71 bits per heavy atom. The molecule has 2 heterocycles. The standard InChI is InChI=1S/C27H38N2O5/c1-30-14-3-12-29-13-15-33-26-9-4-21(18-25(26)29)20-34-27-19-28-11-10-24(27)22-5-7-23(8-6-22)32-17-16-31-2/h4-9,18,24,27-28H,3,10-17,19-20H2,1-2H3/t24-,27+/m1/s1. The summed E-state index contributed by atoms with van der Waals surface area (Å²) in [5.41, 5.74) is 3.63. The fourth-order valence-electron chi connectivity index (χ4n) is 4.68. The van der Waals surface area contributed by atoms with E-state index in [-0.39, 0.29) is 6.10 Å². The molecule has 0 aromatic heterocycles. The number of hydrogen-bond donors (Lipinski definition) is 1. The first-order valence-electron chi connectivity index (χ1n) is 12.3. The topological polar surface area (TPSA) is 61.4 Å². The number of rotatable bonds is 12. The molecule has 186 valence electrons. The fourth-order valence-corrected chi connectivity index (χ4v) is 4.68. The minimum Gasteiger partial charge on any atom is -0.491 e. The molecule has 2 aromatic rings. The number of benzene rings is 2. The van der Waals surface area contributed by atoms with Gasteiger partial charge in [-0.05, 0) is 54.8 Å². The van der Waals surface area contributed by atoms with E-state index >= 15 is 0 Å². The second kappa shape index (κ2) is 13.0. The summed E-state index contributed by atoms with van der Waals surface area (Å²) in [6.07, 6.45) is 2.18. The van der Waals surface area contributed by atoms with Gasteiger partial charge in [0.25, 0.3) is 0 Å². The monoisotopic (exact) mass is 470 g/mol. The molecule has 4 rings (SSSR count). The number of nitrogens with zero attached hydrogens (tertiary/aromatic N) is 1. The van der Waals surface area contributed by atoms with Gasteiger partial charge in [-0.25, -0.2) is 0 Å². The van der Waals surface area contributed by atoms with E-state index in [1.165, 1.54) is 11.1 Å². The first-order chi connectivity index (χ1) is 16.8. The number of methoxy groups -OCH3 is 2. The van der Waals surface area contributed by atoms with E-state index in [0.717, 1.165) is 69.4 Å². The van der Waals surface area contributed by atoms with Gasteiger partial charge < -0.3 is 33.9 Å². The van der Waals surface area contributed by atoms with E-state index in [9.17, 15) is 0 Å². The molecular weight excluding hydrogens is 432 g/mol. The van der Waals surface area contributed by atoms with Crippen LogP contribution in [0.25, 0.3) is 0 Å². The number of fused-ring (bicyclic) bond motifs is 1. The van der Waals surface area contributed by atoms with Gasteiger partial charge in [0.2, 0.25) is 0 Å². The molecule has 7 nitrogen and oxygen atoms in total. The van der Waals surface area contributed by atoms with Crippen molar-refractivity contribution in [3.63, 3.8) is 0 Å². The lowest BCUT2D eigenvalue weighted by molar-refractivity contribution is 0.0106. The zero-order chi connectivity index (χ0) is 23.6. The Hall–Kier alpha value is -2.32. The number of hydrogen-bond acceptors (Lipinski definition) is 7. The molecular formula is C27H38N2O5. The van der Waals surface area contributed by atoms with Crippen LogP contribution in [-0.4, -0.2) is 72.9 Å². The van der Waals surface area contributed by atoms with Crippen LogP contribution in [0.2, 0.25) is 0 Å². The van der Waals surface area contributed by atoms with Gasteiger partial charge in [-0.3, -0.25) is 0 Å². The van der Waals surface area contributed by atoms with Crippen LogP contribution in [-0.2, 0) is 20.8 Å². The Kier molecular flexibility index (Phi) is 9.44. The highest BCUT2D eigenvalue weighted by Gasteiger charge is 2.27. The predicted molar refractivity (Wildman–Crippen MR) is 133 cm³/mol. The first-order valence-corrected chi connectivity index (χ1v) is 12.3. The van der Waals surface area contributed by atoms with Crippen molar-refractivity contribution in [2.24, 2.45) is 0 Å². The molecule has 0 amide bonds. The lowest BCUT2D eigenvalue weighted by atomic mass is 9.87. The Morgan fingerprint density at radius 2 is 1.88 bits per heavy atom. The Labute approximate surface area is 203 Å². The average molecular weight is 471 g/mol. The summed E-state index contributed by atoms with van der Waals surface area (Å²) in [5.74, 6) is 2.19. The smallest absolute Gasteiger partial charge is 0.142 e. The van der Waals surface area contributed by atoms with Crippen LogP contribution in [0.1, 0.15) is 29.9 Å². The van der Waals surface area contributed by atoms with Crippen molar-refractivity contribution >= 4 is 5.69 Å². The summed E-state index contributed by atoms with van der Waals surface area (Å²) in [6, 6.07) is 14.9. The zero-order valence-electron chi connectivity index (χ0n) is 20.5. The summed E-state index contributed by atoms with van der Waals surface area (Å²) in [7, 11) is 3.43. The average Bonchev–Trinajstić information content (AvgIpc) is 2.88. The summed E-state index contributed by atoms with van der Waals surface area (Å²) in [6.45, 7) is 6.95. The Bertz CT molecular complexity index is 876. The molecule has 1 fully saturated rings. The number of piperidine rings is 1. The van der Waals surface area contributed by atoms with Gasteiger partial charge >= 0.3 is 0 Å². The third-order valence-corrected chi connectivity index (χ3v) is 6.51. The SMILES string of the molecule is COCCCN1CCOc2ccc(CO[C@H]3CNCC[C@@H]3c3ccc(OCCOC)cc3)cc21. The van der Waals surface area contributed by atoms with Gasteiger partial charge in [-0.1, -0.05) is 18.2 Å². The highest BCUT2D eigenvalue weighted by molar-refractivity contribution is 5.61. The second-order valence-corrected chi connectivity index (χ2v) is 8.84. The molecule has 0 unspecified atom stereocenters. The van der Waals surface area contributed by atoms with Crippen LogP contribution in [0.3, 0.4) is 0 Å². The molecule has 1 saturated heterocycles. The fraction of sp³-hybridized carbons (Fsp3) is 0.556. The number of ether oxygens (including phenoxy) is 5. The summed E-state index contributed by atoms with van der Waals surface area (Å²) >= 11 is 0. The molecule has 0 aliphatic carbocycles. The summed E-state index contributed by atoms with van der Waals surface area (Å²) in [4.78, 5) is 2.39. The van der Waals surface area contributed by atoms with Crippen LogP contribution in [0.15, 0.2) is 42.5 Å². The largest absolute Gasteiger partial charge is 0.491 e. The van der Waals surface area contributed by atoms with Crippen molar-refractivity contribution in [2.75, 3.05) is 71.7 Å². The van der Waals surface area contributed by atoms with Crippen LogP contribution < -0.4 is 19.7 Å². The van der Waals surface area contributed by atoms with Crippen molar-refractivity contribution in [3.8, 4) is 11.5 Å². The maximum absolute atomic E-state index is 6.48. The van der Waals surface area contributed by atoms with Gasteiger partial charge in [0.15, 0.2) is 0 Å². The third kappa shape index (κ3) is 6.63. The molecule has 2 aliphatic rings. The maximum Gasteiger partial charge on any atom is 0.142 e. The molecule has 0 bridgehead atoms. The molecule has 7 heteroatoms. The van der Waals surface area contributed by atoms with Crippen molar-refractivity contribution in [3.05, 3.63) is 53.6 Å². The number of anilines is 1. The third-order valence-electron chi connectivity index (χ3n) is 6.51. The maximum atomic E-state index is 6.48. The van der Waals surface area contributed by atoms with E-state index in [1.54, 1.807) is 14.2 Å².